The van der Waals surface area contributed by atoms with Gasteiger partial charge in [0, 0.05) is 17.0 Å². The summed E-state index contributed by atoms with van der Waals surface area (Å²) in [5.74, 6) is 0.571. The first-order valence-corrected chi connectivity index (χ1v) is 8.72. The lowest BCUT2D eigenvalue weighted by molar-refractivity contribution is -0.385. The van der Waals surface area contributed by atoms with E-state index in [0.717, 1.165) is 38.5 Å². The topological polar surface area (TPSA) is 113 Å². The van der Waals surface area contributed by atoms with E-state index in [1.54, 1.807) is 0 Å². The first-order valence-electron chi connectivity index (χ1n) is 7.17. The van der Waals surface area contributed by atoms with Gasteiger partial charge in [0.15, 0.2) is 0 Å². The van der Waals surface area contributed by atoms with Gasteiger partial charge in [-0.15, -0.1) is 0 Å². The normalized spacial score (nSPS) is 20.4. The predicted octanol–water partition coefficient (Wildman–Crippen LogP) is 1.60. The molecule has 1 aromatic carbocycles. The molecule has 2 aliphatic rings. The minimum atomic E-state index is -3.93. The fourth-order valence-corrected chi connectivity index (χ4v) is 3.99. The van der Waals surface area contributed by atoms with Crippen molar-refractivity contribution in [2.45, 2.75) is 30.6 Å². The summed E-state index contributed by atoms with van der Waals surface area (Å²) in [6.45, 7) is 1.68. The Morgan fingerprint density at radius 3 is 2.55 bits per heavy atom. The number of sulfonamides is 1. The molecule has 0 aromatic heterocycles. The first kappa shape index (κ1) is 15.4. The minimum absolute atomic E-state index is 0.174. The third-order valence-electron chi connectivity index (χ3n) is 4.66. The number of nitrogens with zero attached hydrogens (tertiary/aromatic N) is 1. The molecule has 1 heterocycles. The van der Waals surface area contributed by atoms with E-state index in [9.17, 15) is 18.5 Å². The Morgan fingerprint density at radius 2 is 2.05 bits per heavy atom. The van der Waals surface area contributed by atoms with Crippen LogP contribution in [0.4, 0.5) is 5.69 Å². The molecule has 0 amide bonds. The summed E-state index contributed by atoms with van der Waals surface area (Å²) in [6, 6.07) is 3.88. The highest BCUT2D eigenvalue weighted by atomic mass is 32.2. The SMILES string of the molecule is NS(=O)(=O)c1ccc(CCC2CC3(COC3)C2)c([N+](=O)[O-])c1. The van der Waals surface area contributed by atoms with Gasteiger partial charge in [-0.3, -0.25) is 10.1 Å². The molecule has 1 aliphatic heterocycles. The zero-order chi connectivity index (χ0) is 16.0. The molecule has 0 unspecified atom stereocenters. The Kier molecular flexibility index (Phi) is 3.70. The van der Waals surface area contributed by atoms with E-state index in [0.29, 0.717) is 23.3 Å². The second-order valence-corrected chi connectivity index (χ2v) is 7.96. The lowest BCUT2D eigenvalue weighted by atomic mass is 9.59. The number of nitrogens with two attached hydrogens (primary N) is 1. The number of nitro groups is 1. The van der Waals surface area contributed by atoms with E-state index in [1.807, 2.05) is 0 Å². The van der Waals surface area contributed by atoms with Crippen LogP contribution in [0.25, 0.3) is 0 Å². The third-order valence-corrected chi connectivity index (χ3v) is 5.57. The Labute approximate surface area is 128 Å². The molecular formula is C14H18N2O5S. The van der Waals surface area contributed by atoms with Crippen LogP contribution in [-0.2, 0) is 21.2 Å². The van der Waals surface area contributed by atoms with Gasteiger partial charge in [-0.2, -0.15) is 0 Å². The molecule has 3 rings (SSSR count). The number of rotatable bonds is 5. The highest BCUT2D eigenvalue weighted by Crippen LogP contribution is 2.52. The molecule has 1 spiro atoms. The van der Waals surface area contributed by atoms with Crippen molar-refractivity contribution in [3.8, 4) is 0 Å². The molecule has 1 aliphatic carbocycles. The smallest absolute Gasteiger partial charge is 0.273 e. The number of nitro benzene ring substituents is 1. The largest absolute Gasteiger partial charge is 0.380 e. The van der Waals surface area contributed by atoms with Crippen LogP contribution < -0.4 is 5.14 Å². The van der Waals surface area contributed by atoms with Gasteiger partial charge in [0.25, 0.3) is 5.69 Å². The van der Waals surface area contributed by atoms with Crippen LogP contribution in [0.15, 0.2) is 23.1 Å². The van der Waals surface area contributed by atoms with Crippen LogP contribution in [0.1, 0.15) is 24.8 Å². The van der Waals surface area contributed by atoms with Gasteiger partial charge >= 0.3 is 0 Å². The highest BCUT2D eigenvalue weighted by Gasteiger charge is 2.49. The summed E-state index contributed by atoms with van der Waals surface area (Å²) in [7, 11) is -3.93. The molecule has 1 aromatic rings. The average Bonchev–Trinajstić information content (AvgIpc) is 2.33. The zero-order valence-corrected chi connectivity index (χ0v) is 12.8. The van der Waals surface area contributed by atoms with Crippen molar-refractivity contribution in [3.05, 3.63) is 33.9 Å². The molecule has 2 fully saturated rings. The zero-order valence-electron chi connectivity index (χ0n) is 12.0. The number of aryl methyl sites for hydroxylation is 1. The van der Waals surface area contributed by atoms with Crippen LogP contribution >= 0.6 is 0 Å². The minimum Gasteiger partial charge on any atom is -0.380 e. The quantitative estimate of drug-likeness (QED) is 0.652. The van der Waals surface area contributed by atoms with Crippen molar-refractivity contribution in [1.82, 2.24) is 0 Å². The maximum atomic E-state index is 11.3. The predicted molar refractivity (Wildman–Crippen MR) is 78.8 cm³/mol. The van der Waals surface area contributed by atoms with E-state index in [4.69, 9.17) is 9.88 Å². The Morgan fingerprint density at radius 1 is 1.36 bits per heavy atom. The van der Waals surface area contributed by atoms with Crippen molar-refractivity contribution in [2.24, 2.45) is 16.5 Å². The molecule has 1 saturated carbocycles. The lowest BCUT2D eigenvalue weighted by Crippen LogP contribution is -2.52. The highest BCUT2D eigenvalue weighted by molar-refractivity contribution is 7.89. The standard InChI is InChI=1S/C14H18N2O5S/c15-22(19,20)12-4-3-11(13(5-12)16(17)18)2-1-10-6-14(7-10)8-21-9-14/h3-5,10H,1-2,6-9H2,(H2,15,19,20). The number of primary sulfonamides is 1. The molecule has 0 radical (unpaired) electrons. The van der Waals surface area contributed by atoms with Gasteiger partial charge in [-0.05, 0) is 37.7 Å². The van der Waals surface area contributed by atoms with Crippen LogP contribution in [0.5, 0.6) is 0 Å². The Balaban J connectivity index is 1.69. The van der Waals surface area contributed by atoms with E-state index >= 15 is 0 Å². The maximum absolute atomic E-state index is 11.3. The van der Waals surface area contributed by atoms with Gasteiger partial charge in [-0.1, -0.05) is 6.07 Å². The van der Waals surface area contributed by atoms with Crippen molar-refractivity contribution >= 4 is 15.7 Å². The molecule has 0 bridgehead atoms. The monoisotopic (exact) mass is 326 g/mol. The van der Waals surface area contributed by atoms with Crippen molar-refractivity contribution in [2.75, 3.05) is 13.2 Å². The third kappa shape index (κ3) is 2.86. The summed E-state index contributed by atoms with van der Waals surface area (Å²) in [6.07, 6.45) is 3.69. The maximum Gasteiger partial charge on any atom is 0.273 e. The summed E-state index contributed by atoms with van der Waals surface area (Å²) in [5.41, 5.74) is 0.768. The molecule has 2 N–H and O–H groups in total. The number of benzene rings is 1. The molecule has 22 heavy (non-hydrogen) atoms. The van der Waals surface area contributed by atoms with Crippen LogP contribution in [0.3, 0.4) is 0 Å². The van der Waals surface area contributed by atoms with E-state index in [1.165, 1.54) is 12.1 Å². The number of hydrogen-bond donors (Lipinski definition) is 1. The van der Waals surface area contributed by atoms with Crippen molar-refractivity contribution in [3.63, 3.8) is 0 Å². The van der Waals surface area contributed by atoms with Gasteiger partial charge < -0.3 is 4.74 Å². The fourth-order valence-electron chi connectivity index (χ4n) is 3.46. The number of hydrogen-bond acceptors (Lipinski definition) is 5. The van der Waals surface area contributed by atoms with E-state index in [2.05, 4.69) is 0 Å². The lowest BCUT2D eigenvalue weighted by Gasteiger charge is -2.53. The summed E-state index contributed by atoms with van der Waals surface area (Å²) < 4.78 is 27.8. The van der Waals surface area contributed by atoms with E-state index in [-0.39, 0.29) is 10.6 Å². The Bertz CT molecular complexity index is 704. The molecular weight excluding hydrogens is 308 g/mol. The molecule has 0 atom stereocenters. The fraction of sp³-hybridized carbons (Fsp3) is 0.571. The van der Waals surface area contributed by atoms with Gasteiger partial charge in [-0.25, -0.2) is 13.6 Å². The molecule has 120 valence electrons. The second-order valence-electron chi connectivity index (χ2n) is 6.40. The average molecular weight is 326 g/mol. The van der Waals surface area contributed by atoms with E-state index < -0.39 is 14.9 Å². The number of ether oxygens (including phenoxy) is 1. The summed E-state index contributed by atoms with van der Waals surface area (Å²) >= 11 is 0. The first-order chi connectivity index (χ1) is 10.3. The van der Waals surface area contributed by atoms with Gasteiger partial charge in [0.2, 0.25) is 10.0 Å². The van der Waals surface area contributed by atoms with Crippen molar-refractivity contribution in [1.29, 1.82) is 0 Å². The summed E-state index contributed by atoms with van der Waals surface area (Å²) in [4.78, 5) is 10.4. The van der Waals surface area contributed by atoms with Crippen LogP contribution in [0, 0.1) is 21.4 Å². The molecule has 7 nitrogen and oxygen atoms in total. The van der Waals surface area contributed by atoms with Gasteiger partial charge in [0.1, 0.15) is 0 Å². The second kappa shape index (κ2) is 5.29. The molecule has 8 heteroatoms. The van der Waals surface area contributed by atoms with Crippen LogP contribution in [-0.4, -0.2) is 26.6 Å². The molecule has 1 saturated heterocycles. The Hall–Kier alpha value is -1.51. The summed E-state index contributed by atoms with van der Waals surface area (Å²) in [5, 5.41) is 16.2. The van der Waals surface area contributed by atoms with Gasteiger partial charge in [0.05, 0.1) is 23.0 Å². The van der Waals surface area contributed by atoms with Crippen molar-refractivity contribution < 1.29 is 18.1 Å². The van der Waals surface area contributed by atoms with Crippen LogP contribution in [0.2, 0.25) is 0 Å².